The van der Waals surface area contributed by atoms with Gasteiger partial charge in [-0.25, -0.2) is 9.97 Å². The molecular formula is C37H49Cl3N6S2. The summed E-state index contributed by atoms with van der Waals surface area (Å²) in [5.74, 6) is -0.940. The second kappa shape index (κ2) is 17.5. The Balaban J connectivity index is 0.000000201. The Morgan fingerprint density at radius 1 is 0.938 bits per heavy atom. The molecule has 0 aliphatic heterocycles. The van der Waals surface area contributed by atoms with E-state index in [0.29, 0.717) is 44.7 Å². The van der Waals surface area contributed by atoms with Crippen molar-refractivity contribution < 1.29 is 5.48 Å². The van der Waals surface area contributed by atoms with Gasteiger partial charge in [-0.05, 0) is 99.7 Å². The first-order chi connectivity index (χ1) is 24.3. The lowest BCUT2D eigenvalue weighted by molar-refractivity contribution is 0.387. The molecule has 11 heteroatoms. The van der Waals surface area contributed by atoms with Crippen molar-refractivity contribution in [2.24, 2.45) is 5.73 Å². The van der Waals surface area contributed by atoms with Gasteiger partial charge in [0.05, 0.1) is 27.8 Å². The van der Waals surface area contributed by atoms with Crippen molar-refractivity contribution in [2.45, 2.75) is 108 Å². The highest BCUT2D eigenvalue weighted by atomic mass is 35.5. The van der Waals surface area contributed by atoms with Gasteiger partial charge in [0, 0.05) is 50.2 Å². The van der Waals surface area contributed by atoms with Crippen molar-refractivity contribution in [1.29, 1.82) is 0 Å². The maximum atomic E-state index is 8.96. The van der Waals surface area contributed by atoms with E-state index < -0.39 is 18.3 Å². The Bertz CT molecular complexity index is 1840. The number of fused-ring (bicyclic) bond motifs is 3. The third kappa shape index (κ3) is 8.75. The molecule has 48 heavy (non-hydrogen) atoms. The fourth-order valence-corrected chi connectivity index (χ4v) is 9.46. The Hall–Kier alpha value is -1.75. The molecule has 3 aliphatic rings. The molecule has 6 N–H and O–H groups in total. The SMILES string of the molecule is CCCNC1CCc2nc(CC3c4sc(N)nc4CCC3NCCC)sc2C1.Cl.[2H]C1([2H])C[C@@]([2H])(c2ccc(Cl)c(Cl)c2)c2ccccc2[C@@]1([2H])N. The number of nitrogens with one attached hydrogen (secondary N) is 2. The lowest BCUT2D eigenvalue weighted by Crippen LogP contribution is -2.39. The number of nitrogens with zero attached hydrogens (tertiary/aromatic N) is 2. The summed E-state index contributed by atoms with van der Waals surface area (Å²) in [5, 5.41) is 10.2. The maximum Gasteiger partial charge on any atom is 0.180 e. The predicted molar refractivity (Wildman–Crippen MR) is 208 cm³/mol. The molecule has 7 rings (SSSR count). The third-order valence-electron chi connectivity index (χ3n) is 9.24. The summed E-state index contributed by atoms with van der Waals surface area (Å²) in [5.41, 5.74) is 16.0. The summed E-state index contributed by atoms with van der Waals surface area (Å²) in [6, 6.07) is 10.9. The lowest BCUT2D eigenvalue weighted by Gasteiger charge is -2.31. The molecule has 0 saturated heterocycles. The molecule has 2 aromatic carbocycles. The molecule has 2 aromatic heterocycles. The predicted octanol–water partition coefficient (Wildman–Crippen LogP) is 9.02. The van der Waals surface area contributed by atoms with Crippen molar-refractivity contribution >= 4 is 63.4 Å². The van der Waals surface area contributed by atoms with E-state index in [-0.39, 0.29) is 18.8 Å². The van der Waals surface area contributed by atoms with E-state index in [1.165, 1.54) is 45.4 Å². The number of hydrogen-bond donors (Lipinski definition) is 4. The van der Waals surface area contributed by atoms with Crippen LogP contribution in [0.2, 0.25) is 10.0 Å². The smallest absolute Gasteiger partial charge is 0.180 e. The average molecular weight is 752 g/mol. The van der Waals surface area contributed by atoms with Gasteiger partial charge in [-0.15, -0.1) is 35.1 Å². The number of anilines is 1. The minimum atomic E-state index is -2.07. The van der Waals surface area contributed by atoms with Crippen molar-refractivity contribution in [3.05, 3.63) is 95.3 Å². The highest BCUT2D eigenvalue weighted by Gasteiger charge is 2.34. The van der Waals surface area contributed by atoms with Gasteiger partial charge in [0.15, 0.2) is 5.13 Å². The van der Waals surface area contributed by atoms with Crippen LogP contribution in [0.25, 0.3) is 0 Å². The van der Waals surface area contributed by atoms with Crippen LogP contribution in [0.1, 0.15) is 118 Å². The fraction of sp³-hybridized carbons (Fsp3) is 0.514. The van der Waals surface area contributed by atoms with Gasteiger partial charge >= 0.3 is 0 Å². The van der Waals surface area contributed by atoms with Gasteiger partial charge in [0.25, 0.3) is 0 Å². The molecule has 6 nitrogen and oxygen atoms in total. The van der Waals surface area contributed by atoms with E-state index in [4.69, 9.17) is 45.1 Å². The zero-order chi connectivity index (χ0) is 36.6. The highest BCUT2D eigenvalue weighted by Crippen LogP contribution is 2.42. The van der Waals surface area contributed by atoms with Crippen LogP contribution in [0.4, 0.5) is 5.13 Å². The number of aromatic nitrogens is 2. The normalized spacial score (nSPS) is 28.1. The summed E-state index contributed by atoms with van der Waals surface area (Å²) in [6.45, 7) is 6.66. The first kappa shape index (κ1) is 32.2. The largest absolute Gasteiger partial charge is 0.375 e. The Kier molecular flexibility index (Phi) is 11.7. The van der Waals surface area contributed by atoms with Crippen LogP contribution in [-0.2, 0) is 25.7 Å². The quantitative estimate of drug-likeness (QED) is 0.136. The van der Waals surface area contributed by atoms with Crippen LogP contribution in [0.3, 0.4) is 0 Å². The van der Waals surface area contributed by atoms with E-state index in [2.05, 4.69) is 29.5 Å². The number of halogens is 3. The summed E-state index contributed by atoms with van der Waals surface area (Å²) < 4.78 is 33.7. The number of nitrogen functional groups attached to an aromatic ring is 1. The Labute approximate surface area is 315 Å². The molecule has 4 aromatic rings. The third-order valence-corrected chi connectivity index (χ3v) is 12.2. The molecule has 2 heterocycles. The first-order valence-electron chi connectivity index (χ1n) is 18.8. The van der Waals surface area contributed by atoms with E-state index >= 15 is 0 Å². The van der Waals surface area contributed by atoms with Gasteiger partial charge in [-0.3, -0.25) is 0 Å². The fourth-order valence-electron chi connectivity index (χ4n) is 6.86. The molecule has 5 atom stereocenters. The molecule has 0 spiro atoms. The van der Waals surface area contributed by atoms with E-state index in [1.807, 2.05) is 11.3 Å². The average Bonchev–Trinajstić information content (AvgIpc) is 3.69. The van der Waals surface area contributed by atoms with Gasteiger partial charge in [0.1, 0.15) is 0 Å². The molecule has 3 aliphatic carbocycles. The van der Waals surface area contributed by atoms with Crippen molar-refractivity contribution in [1.82, 2.24) is 20.6 Å². The Morgan fingerprint density at radius 2 is 1.69 bits per heavy atom. The molecular weight excluding hydrogens is 699 g/mol. The number of hydrogen-bond acceptors (Lipinski definition) is 8. The highest BCUT2D eigenvalue weighted by molar-refractivity contribution is 7.15. The van der Waals surface area contributed by atoms with Gasteiger partial charge in [-0.1, -0.05) is 67.4 Å². The maximum absolute atomic E-state index is 8.96. The standard InChI is InChI=1S/C21H33N5S2.C16H15Cl2N.ClH/c1-3-9-23-13-5-6-16-18(11-13)27-19(25-16)12-14-15(24-10-4-2)7-8-17-20(14)28-21(22)26-17;17-14-7-5-10(9-15(14)18)11-6-8-16(19)13-4-2-1-3-12(11)13;/h13-15,23-24H,3-12H2,1-2H3,(H2,22,26);1-5,7,9,11,16H,6,8,19H2;1H/t;11-,16-;/m.0./s1/i;8D2,11D,16D;. The number of thiazole rings is 2. The zero-order valence-electron chi connectivity index (χ0n) is 31.6. The summed E-state index contributed by atoms with van der Waals surface area (Å²) in [4.78, 5) is 12.6. The summed E-state index contributed by atoms with van der Waals surface area (Å²) in [7, 11) is 0. The molecule has 0 amide bonds. The monoisotopic (exact) mass is 750 g/mol. The van der Waals surface area contributed by atoms with Gasteiger partial charge in [0.2, 0.25) is 0 Å². The van der Waals surface area contributed by atoms with E-state index in [0.717, 1.165) is 50.3 Å². The van der Waals surface area contributed by atoms with Crippen molar-refractivity contribution in [3.8, 4) is 0 Å². The number of nitrogens with two attached hydrogens (primary N) is 2. The second-order valence-electron chi connectivity index (χ2n) is 12.6. The van der Waals surface area contributed by atoms with E-state index in [1.54, 1.807) is 53.8 Å². The molecule has 0 bridgehead atoms. The van der Waals surface area contributed by atoms with Crippen LogP contribution in [0.15, 0.2) is 42.5 Å². The van der Waals surface area contributed by atoms with Gasteiger partial charge in [-0.2, -0.15) is 0 Å². The van der Waals surface area contributed by atoms with Crippen LogP contribution < -0.4 is 22.1 Å². The van der Waals surface area contributed by atoms with E-state index in [9.17, 15) is 0 Å². The zero-order valence-corrected chi connectivity index (χ0v) is 31.5. The molecule has 0 fully saturated rings. The Morgan fingerprint density at radius 3 is 2.46 bits per heavy atom. The van der Waals surface area contributed by atoms with Crippen LogP contribution in [0, 0.1) is 0 Å². The van der Waals surface area contributed by atoms with Crippen molar-refractivity contribution in [2.75, 3.05) is 18.8 Å². The minimum absolute atomic E-state index is 0. The molecule has 260 valence electrons. The topological polar surface area (TPSA) is 102 Å². The summed E-state index contributed by atoms with van der Waals surface area (Å²) in [6.07, 6.45) is 6.74. The van der Waals surface area contributed by atoms with Gasteiger partial charge < -0.3 is 22.1 Å². The minimum Gasteiger partial charge on any atom is -0.375 e. The first-order valence-corrected chi connectivity index (χ1v) is 19.2. The second-order valence-corrected chi connectivity index (χ2v) is 15.6. The molecule has 0 radical (unpaired) electrons. The number of rotatable bonds is 9. The van der Waals surface area contributed by atoms with Crippen LogP contribution >= 0.6 is 58.3 Å². The molecule has 0 saturated carbocycles. The summed E-state index contributed by atoms with van der Waals surface area (Å²) >= 11 is 15.7. The van der Waals surface area contributed by atoms with Crippen LogP contribution in [0.5, 0.6) is 0 Å². The lowest BCUT2D eigenvalue weighted by atomic mass is 9.77. The number of benzene rings is 2. The van der Waals surface area contributed by atoms with Crippen LogP contribution in [-0.4, -0.2) is 35.1 Å². The molecule has 3 unspecified atom stereocenters. The van der Waals surface area contributed by atoms with Crippen molar-refractivity contribution in [3.63, 3.8) is 0 Å². The number of aryl methyl sites for hydroxylation is 2.